The fraction of sp³-hybridized carbons (Fsp3) is 0.188. The van der Waals surface area contributed by atoms with Crippen molar-refractivity contribution in [2.24, 2.45) is 11.5 Å². The number of rotatable bonds is 3. The maximum absolute atomic E-state index is 6.23. The first kappa shape index (κ1) is 14.1. The largest absolute Gasteiger partial charge is 0.497 e. The predicted octanol–water partition coefficient (Wildman–Crippen LogP) is 3.01. The van der Waals surface area contributed by atoms with Gasteiger partial charge in [0.15, 0.2) is 0 Å². The molecule has 0 fully saturated rings. The van der Waals surface area contributed by atoms with Crippen LogP contribution in [0, 0.1) is 0 Å². The molecular weight excluding hydrogens is 286 g/mol. The highest BCUT2D eigenvalue weighted by Gasteiger charge is 2.15. The second-order valence-corrected chi connectivity index (χ2v) is 5.35. The van der Waals surface area contributed by atoms with Gasteiger partial charge in [-0.3, -0.25) is 0 Å². The van der Waals surface area contributed by atoms with E-state index < -0.39 is 0 Å². The number of hydrogen-bond donors (Lipinski definition) is 2. The van der Waals surface area contributed by atoms with Crippen molar-refractivity contribution in [3.8, 4) is 5.75 Å². The molecule has 108 valence electrons. The molecule has 0 bridgehead atoms. The van der Waals surface area contributed by atoms with Crippen LogP contribution >= 0.6 is 11.6 Å². The normalized spacial score (nSPS) is 12.8. The Morgan fingerprint density at radius 3 is 2.67 bits per heavy atom. The van der Waals surface area contributed by atoms with Crippen LogP contribution in [0.2, 0.25) is 5.02 Å². The molecule has 0 radical (unpaired) electrons. The second kappa shape index (κ2) is 5.48. The molecule has 0 spiro atoms. The Labute approximate surface area is 127 Å². The first-order valence-corrected chi connectivity index (χ1v) is 7.04. The smallest absolute Gasteiger partial charge is 0.119 e. The molecular formula is C16H16ClN3O. The van der Waals surface area contributed by atoms with Gasteiger partial charge in [0.05, 0.1) is 18.1 Å². The molecule has 0 aliphatic carbocycles. The third-order valence-electron chi connectivity index (χ3n) is 3.61. The molecule has 3 aromatic rings. The molecule has 0 saturated heterocycles. The molecule has 2 aromatic carbocycles. The summed E-state index contributed by atoms with van der Waals surface area (Å²) in [7, 11) is 1.64. The Hall–Kier alpha value is -1.88. The summed E-state index contributed by atoms with van der Waals surface area (Å²) >= 11 is 6.07. The van der Waals surface area contributed by atoms with Crippen LogP contribution in [0.25, 0.3) is 21.8 Å². The Morgan fingerprint density at radius 2 is 1.95 bits per heavy atom. The lowest BCUT2D eigenvalue weighted by Crippen LogP contribution is -2.21. The summed E-state index contributed by atoms with van der Waals surface area (Å²) in [6.07, 6.45) is 0. The number of methoxy groups -OCH3 is 1. The van der Waals surface area contributed by atoms with Crippen molar-refractivity contribution in [1.29, 1.82) is 0 Å². The maximum atomic E-state index is 6.23. The first-order valence-electron chi connectivity index (χ1n) is 6.66. The van der Waals surface area contributed by atoms with Gasteiger partial charge in [-0.15, -0.1) is 0 Å². The minimum atomic E-state index is -0.272. The van der Waals surface area contributed by atoms with Crippen LogP contribution in [0.1, 0.15) is 11.6 Å². The van der Waals surface area contributed by atoms with Crippen molar-refractivity contribution < 1.29 is 4.74 Å². The lowest BCUT2D eigenvalue weighted by atomic mass is 9.97. The Balaban J connectivity index is 2.45. The van der Waals surface area contributed by atoms with Crippen molar-refractivity contribution in [2.45, 2.75) is 6.04 Å². The maximum Gasteiger partial charge on any atom is 0.119 e. The quantitative estimate of drug-likeness (QED) is 0.729. The number of halogens is 1. The molecule has 21 heavy (non-hydrogen) atoms. The fourth-order valence-corrected chi connectivity index (χ4v) is 2.74. The molecule has 1 aromatic heterocycles. The van der Waals surface area contributed by atoms with Crippen molar-refractivity contribution in [2.75, 3.05) is 13.7 Å². The molecule has 1 unspecified atom stereocenters. The highest BCUT2D eigenvalue weighted by molar-refractivity contribution is 6.31. The van der Waals surface area contributed by atoms with Gasteiger partial charge < -0.3 is 16.2 Å². The van der Waals surface area contributed by atoms with E-state index in [1.165, 1.54) is 0 Å². The highest BCUT2D eigenvalue weighted by Crippen LogP contribution is 2.33. The third kappa shape index (κ3) is 2.42. The standard InChI is InChI=1S/C16H16ClN3O/c1-21-10-3-5-14-12(7-10)16(13(19)8-18)11-4-2-9(17)6-15(11)20-14/h2-7,13H,8,18-19H2,1H3. The molecule has 1 heterocycles. The van der Waals surface area contributed by atoms with E-state index in [1.54, 1.807) is 7.11 Å². The molecule has 1 atom stereocenters. The number of ether oxygens (including phenoxy) is 1. The Kier molecular flexibility index (Phi) is 3.68. The average molecular weight is 302 g/mol. The van der Waals surface area contributed by atoms with E-state index in [-0.39, 0.29) is 6.04 Å². The lowest BCUT2D eigenvalue weighted by Gasteiger charge is -2.16. The van der Waals surface area contributed by atoms with Crippen molar-refractivity contribution in [1.82, 2.24) is 4.98 Å². The molecule has 4 nitrogen and oxygen atoms in total. The molecule has 4 N–H and O–H groups in total. The minimum absolute atomic E-state index is 0.272. The Bertz CT molecular complexity index is 819. The summed E-state index contributed by atoms with van der Waals surface area (Å²) < 4.78 is 5.30. The van der Waals surface area contributed by atoms with Gasteiger partial charge in [0.25, 0.3) is 0 Å². The van der Waals surface area contributed by atoms with E-state index in [0.717, 1.165) is 33.1 Å². The topological polar surface area (TPSA) is 74.2 Å². The van der Waals surface area contributed by atoms with E-state index in [0.29, 0.717) is 11.6 Å². The van der Waals surface area contributed by atoms with Crippen LogP contribution in [-0.4, -0.2) is 18.6 Å². The first-order chi connectivity index (χ1) is 10.1. The molecule has 0 amide bonds. The van der Waals surface area contributed by atoms with E-state index >= 15 is 0 Å². The van der Waals surface area contributed by atoms with Gasteiger partial charge in [0.2, 0.25) is 0 Å². The van der Waals surface area contributed by atoms with E-state index in [1.807, 2.05) is 36.4 Å². The van der Waals surface area contributed by atoms with Gasteiger partial charge in [-0.05, 0) is 35.9 Å². The number of aromatic nitrogens is 1. The van der Waals surface area contributed by atoms with Crippen molar-refractivity contribution in [3.05, 3.63) is 47.0 Å². The summed E-state index contributed by atoms with van der Waals surface area (Å²) in [6.45, 7) is 0.355. The summed E-state index contributed by atoms with van der Waals surface area (Å²) in [5.74, 6) is 0.767. The third-order valence-corrected chi connectivity index (χ3v) is 3.84. The summed E-state index contributed by atoms with van der Waals surface area (Å²) in [5, 5.41) is 2.58. The summed E-state index contributed by atoms with van der Waals surface area (Å²) in [5.41, 5.74) is 14.7. The Morgan fingerprint density at radius 1 is 1.14 bits per heavy atom. The second-order valence-electron chi connectivity index (χ2n) is 4.91. The van der Waals surface area contributed by atoms with Crippen molar-refractivity contribution >= 4 is 33.4 Å². The van der Waals surface area contributed by atoms with Crippen molar-refractivity contribution in [3.63, 3.8) is 0 Å². The number of hydrogen-bond acceptors (Lipinski definition) is 4. The van der Waals surface area contributed by atoms with E-state index in [2.05, 4.69) is 4.98 Å². The van der Waals surface area contributed by atoms with Gasteiger partial charge >= 0.3 is 0 Å². The number of nitrogens with two attached hydrogens (primary N) is 2. The molecule has 0 saturated carbocycles. The molecule has 5 heteroatoms. The van der Waals surface area contributed by atoms with Gasteiger partial charge in [-0.25, -0.2) is 4.98 Å². The van der Waals surface area contributed by atoms with E-state index in [4.69, 9.17) is 27.8 Å². The highest BCUT2D eigenvalue weighted by atomic mass is 35.5. The van der Waals surface area contributed by atoms with E-state index in [9.17, 15) is 0 Å². The predicted molar refractivity (Wildman–Crippen MR) is 86.8 cm³/mol. The zero-order valence-corrected chi connectivity index (χ0v) is 12.4. The zero-order valence-electron chi connectivity index (χ0n) is 11.6. The number of pyridine rings is 1. The minimum Gasteiger partial charge on any atom is -0.497 e. The van der Waals surface area contributed by atoms with Gasteiger partial charge in [0, 0.05) is 28.4 Å². The monoisotopic (exact) mass is 301 g/mol. The molecule has 0 aliphatic rings. The van der Waals surface area contributed by atoms with Gasteiger partial charge in [-0.2, -0.15) is 0 Å². The fourth-order valence-electron chi connectivity index (χ4n) is 2.57. The van der Waals surface area contributed by atoms with Gasteiger partial charge in [0.1, 0.15) is 5.75 Å². The van der Waals surface area contributed by atoms with Gasteiger partial charge in [-0.1, -0.05) is 17.7 Å². The molecule has 3 rings (SSSR count). The van der Waals surface area contributed by atoms with Crippen LogP contribution in [-0.2, 0) is 0 Å². The summed E-state index contributed by atoms with van der Waals surface area (Å²) in [6, 6.07) is 11.1. The van der Waals surface area contributed by atoms with Crippen LogP contribution in [0.5, 0.6) is 5.75 Å². The number of fused-ring (bicyclic) bond motifs is 2. The zero-order chi connectivity index (χ0) is 15.0. The SMILES string of the molecule is COc1ccc2nc3cc(Cl)ccc3c(C(N)CN)c2c1. The number of benzene rings is 2. The molecule has 0 aliphatic heterocycles. The summed E-state index contributed by atoms with van der Waals surface area (Å²) in [4.78, 5) is 4.65. The average Bonchev–Trinajstić information content (AvgIpc) is 2.51. The number of nitrogens with zero attached hydrogens (tertiary/aromatic N) is 1. The lowest BCUT2D eigenvalue weighted by molar-refractivity contribution is 0.415. The van der Waals surface area contributed by atoms with Crippen LogP contribution in [0.4, 0.5) is 0 Å². The van der Waals surface area contributed by atoms with Crippen LogP contribution < -0.4 is 16.2 Å². The van der Waals surface area contributed by atoms with Crippen LogP contribution in [0.15, 0.2) is 36.4 Å². The van der Waals surface area contributed by atoms with Crippen LogP contribution in [0.3, 0.4) is 0 Å².